The number of hydrogen-bond acceptors (Lipinski definition) is 3. The molecule has 0 aliphatic carbocycles. The van der Waals surface area contributed by atoms with Gasteiger partial charge < -0.3 is 11.1 Å². The highest BCUT2D eigenvalue weighted by molar-refractivity contribution is 5.85. The van der Waals surface area contributed by atoms with Crippen molar-refractivity contribution in [1.82, 2.24) is 10.2 Å². The van der Waals surface area contributed by atoms with Gasteiger partial charge in [0, 0.05) is 6.54 Å². The van der Waals surface area contributed by atoms with E-state index in [2.05, 4.69) is 5.32 Å². The number of likely N-dealkylation sites (tertiary alicyclic amines) is 1. The van der Waals surface area contributed by atoms with Crippen molar-refractivity contribution in [2.24, 2.45) is 11.7 Å². The number of piperidine rings is 1. The fourth-order valence-corrected chi connectivity index (χ4v) is 3.18. The highest BCUT2D eigenvalue weighted by Crippen LogP contribution is 2.23. The molecule has 0 radical (unpaired) electrons. The molecule has 0 aromatic heterocycles. The fraction of sp³-hybridized carbons (Fsp3) is 0.611. The van der Waals surface area contributed by atoms with Crippen molar-refractivity contribution in [2.75, 3.05) is 26.2 Å². The van der Waals surface area contributed by atoms with Crippen LogP contribution in [0.4, 0.5) is 13.2 Å². The monoisotopic (exact) mass is 429 g/mol. The maximum absolute atomic E-state index is 12.4. The van der Waals surface area contributed by atoms with Crippen LogP contribution in [0.25, 0.3) is 0 Å². The topological polar surface area (TPSA) is 58.4 Å². The first kappa shape index (κ1) is 26.0. The first-order valence-corrected chi connectivity index (χ1v) is 8.70. The predicted molar refractivity (Wildman–Crippen MR) is 105 cm³/mol. The van der Waals surface area contributed by atoms with Crippen LogP contribution in [0.1, 0.15) is 24.8 Å². The van der Waals surface area contributed by atoms with Crippen LogP contribution in [0.5, 0.6) is 0 Å². The Bertz CT molecular complexity index is 538. The van der Waals surface area contributed by atoms with Gasteiger partial charge >= 0.3 is 6.18 Å². The molecule has 1 fully saturated rings. The molecule has 1 atom stereocenters. The second kappa shape index (κ2) is 12.4. The number of nitrogens with zero attached hydrogens (tertiary/aromatic N) is 1. The Balaban J connectivity index is 0.00000338. The number of halogens is 5. The summed E-state index contributed by atoms with van der Waals surface area (Å²) in [6.07, 6.45) is -1.38. The minimum atomic E-state index is -4.13. The first-order valence-electron chi connectivity index (χ1n) is 8.70. The molecule has 1 aliphatic heterocycles. The van der Waals surface area contributed by atoms with Crippen LogP contribution in [-0.2, 0) is 11.2 Å². The lowest BCUT2D eigenvalue weighted by Crippen LogP contribution is -2.43. The van der Waals surface area contributed by atoms with Crippen molar-refractivity contribution in [1.29, 1.82) is 0 Å². The molecule has 1 aliphatic rings. The standard InChI is InChI=1S/C18H26F3N3O.2ClH/c19-18(20,21)13-24-10-7-14(8-11-24)6-9-23-17(25)16(22)12-15-4-2-1-3-5-15;;/h1-5,14,16H,6-13,22H2,(H,23,25);2*1H. The van der Waals surface area contributed by atoms with Gasteiger partial charge in [0.15, 0.2) is 0 Å². The molecule has 2 rings (SSSR count). The van der Waals surface area contributed by atoms with E-state index in [1.165, 1.54) is 4.90 Å². The molecule has 3 N–H and O–H groups in total. The molecule has 1 amide bonds. The van der Waals surface area contributed by atoms with Crippen molar-refractivity contribution < 1.29 is 18.0 Å². The molecule has 4 nitrogen and oxygen atoms in total. The van der Waals surface area contributed by atoms with Crippen molar-refractivity contribution in [2.45, 2.75) is 37.9 Å². The normalized spacial score (nSPS) is 16.7. The molecular weight excluding hydrogens is 402 g/mol. The number of benzene rings is 1. The molecular formula is C18H28Cl2F3N3O. The van der Waals surface area contributed by atoms with E-state index in [4.69, 9.17) is 5.73 Å². The summed E-state index contributed by atoms with van der Waals surface area (Å²) in [6, 6.07) is 9.01. The number of hydrogen-bond donors (Lipinski definition) is 2. The minimum Gasteiger partial charge on any atom is -0.355 e. The number of carbonyl (C=O) groups excluding carboxylic acids is 1. The molecule has 156 valence electrons. The van der Waals surface area contributed by atoms with E-state index in [1.807, 2.05) is 30.3 Å². The van der Waals surface area contributed by atoms with Crippen LogP contribution in [-0.4, -0.2) is 49.2 Å². The maximum Gasteiger partial charge on any atom is 0.401 e. The molecule has 9 heteroatoms. The zero-order valence-electron chi connectivity index (χ0n) is 15.1. The summed E-state index contributed by atoms with van der Waals surface area (Å²) in [4.78, 5) is 13.5. The Morgan fingerprint density at radius 3 is 2.33 bits per heavy atom. The van der Waals surface area contributed by atoms with Gasteiger partial charge in [-0.15, -0.1) is 24.8 Å². The van der Waals surface area contributed by atoms with Crippen LogP contribution in [0.2, 0.25) is 0 Å². The van der Waals surface area contributed by atoms with E-state index in [-0.39, 0.29) is 30.7 Å². The largest absolute Gasteiger partial charge is 0.401 e. The highest BCUT2D eigenvalue weighted by Gasteiger charge is 2.32. The third kappa shape index (κ3) is 10.2. The van der Waals surface area contributed by atoms with Gasteiger partial charge in [-0.25, -0.2) is 0 Å². The Morgan fingerprint density at radius 1 is 1.19 bits per heavy atom. The van der Waals surface area contributed by atoms with E-state index in [1.54, 1.807) is 0 Å². The summed E-state index contributed by atoms with van der Waals surface area (Å²) in [6.45, 7) is 0.618. The second-order valence-electron chi connectivity index (χ2n) is 6.71. The number of rotatable bonds is 7. The first-order chi connectivity index (χ1) is 11.8. The summed E-state index contributed by atoms with van der Waals surface area (Å²) in [7, 11) is 0. The van der Waals surface area contributed by atoms with Gasteiger partial charge in [-0.2, -0.15) is 13.2 Å². The summed E-state index contributed by atoms with van der Waals surface area (Å²) >= 11 is 0. The number of carbonyl (C=O) groups is 1. The van der Waals surface area contributed by atoms with Gasteiger partial charge in [-0.3, -0.25) is 9.69 Å². The van der Waals surface area contributed by atoms with Crippen molar-refractivity contribution in [3.05, 3.63) is 35.9 Å². The van der Waals surface area contributed by atoms with Gasteiger partial charge in [-0.05, 0) is 50.3 Å². The zero-order valence-corrected chi connectivity index (χ0v) is 16.7. The van der Waals surface area contributed by atoms with Gasteiger partial charge in [0.05, 0.1) is 12.6 Å². The highest BCUT2D eigenvalue weighted by atomic mass is 35.5. The molecule has 1 unspecified atom stereocenters. The lowest BCUT2D eigenvalue weighted by Gasteiger charge is -2.32. The summed E-state index contributed by atoms with van der Waals surface area (Å²) in [5.74, 6) is 0.175. The number of nitrogens with two attached hydrogens (primary N) is 1. The lowest BCUT2D eigenvalue weighted by molar-refractivity contribution is -0.148. The van der Waals surface area contributed by atoms with Gasteiger partial charge in [0.2, 0.25) is 5.91 Å². The minimum absolute atomic E-state index is 0. The molecule has 0 bridgehead atoms. The molecule has 1 aromatic rings. The average Bonchev–Trinajstić information content (AvgIpc) is 2.56. The van der Waals surface area contributed by atoms with Gasteiger partial charge in [-0.1, -0.05) is 30.3 Å². The Kier molecular flexibility index (Phi) is 12.0. The molecule has 1 heterocycles. The maximum atomic E-state index is 12.4. The van der Waals surface area contributed by atoms with Crippen molar-refractivity contribution in [3.8, 4) is 0 Å². The van der Waals surface area contributed by atoms with Gasteiger partial charge in [0.25, 0.3) is 0 Å². The lowest BCUT2D eigenvalue weighted by atomic mass is 9.93. The van der Waals surface area contributed by atoms with Gasteiger partial charge in [0.1, 0.15) is 0 Å². The van der Waals surface area contributed by atoms with Crippen LogP contribution in [0, 0.1) is 5.92 Å². The quantitative estimate of drug-likeness (QED) is 0.699. The third-order valence-corrected chi connectivity index (χ3v) is 4.60. The predicted octanol–water partition coefficient (Wildman–Crippen LogP) is 3.18. The molecule has 27 heavy (non-hydrogen) atoms. The van der Waals surface area contributed by atoms with Crippen LogP contribution in [0.15, 0.2) is 30.3 Å². The SMILES string of the molecule is Cl.Cl.NC(Cc1ccccc1)C(=O)NCCC1CCN(CC(F)(F)F)CC1. The van der Waals surface area contributed by atoms with Crippen LogP contribution in [0.3, 0.4) is 0 Å². The van der Waals surface area contributed by atoms with Crippen LogP contribution < -0.4 is 11.1 Å². The second-order valence-corrected chi connectivity index (χ2v) is 6.71. The van der Waals surface area contributed by atoms with Crippen molar-refractivity contribution >= 4 is 30.7 Å². The summed E-state index contributed by atoms with van der Waals surface area (Å²) < 4.78 is 37.1. The Morgan fingerprint density at radius 2 is 1.78 bits per heavy atom. The average molecular weight is 430 g/mol. The number of nitrogens with one attached hydrogen (secondary N) is 1. The summed E-state index contributed by atoms with van der Waals surface area (Å²) in [5, 5.41) is 2.84. The van der Waals surface area contributed by atoms with E-state index in [0.29, 0.717) is 32.0 Å². The van der Waals surface area contributed by atoms with E-state index >= 15 is 0 Å². The van der Waals surface area contributed by atoms with E-state index < -0.39 is 18.8 Å². The molecule has 0 saturated carbocycles. The number of alkyl halides is 3. The Labute approximate surface area is 170 Å². The third-order valence-electron chi connectivity index (χ3n) is 4.60. The summed E-state index contributed by atoms with van der Waals surface area (Å²) in [5.41, 5.74) is 6.94. The van der Waals surface area contributed by atoms with Crippen molar-refractivity contribution in [3.63, 3.8) is 0 Å². The van der Waals surface area contributed by atoms with Crippen LogP contribution >= 0.6 is 24.8 Å². The smallest absolute Gasteiger partial charge is 0.355 e. The fourth-order valence-electron chi connectivity index (χ4n) is 3.18. The zero-order chi connectivity index (χ0) is 18.3. The molecule has 1 saturated heterocycles. The molecule has 1 aromatic carbocycles. The molecule has 0 spiro atoms. The van der Waals surface area contributed by atoms with E-state index in [9.17, 15) is 18.0 Å². The number of amides is 1. The van der Waals surface area contributed by atoms with E-state index in [0.717, 1.165) is 24.8 Å². The Hall–Kier alpha value is -1.02.